The third-order valence-electron chi connectivity index (χ3n) is 4.78. The summed E-state index contributed by atoms with van der Waals surface area (Å²) in [4.78, 5) is 24.9. The number of benzene rings is 3. The first-order chi connectivity index (χ1) is 15.5. The summed E-state index contributed by atoms with van der Waals surface area (Å²) in [5.41, 5.74) is 1.05. The van der Waals surface area contributed by atoms with Crippen LogP contribution in [0.1, 0.15) is 6.92 Å². The van der Waals surface area contributed by atoms with E-state index in [9.17, 15) is 9.59 Å². The van der Waals surface area contributed by atoms with Gasteiger partial charge in [0.15, 0.2) is 11.2 Å². The molecule has 0 atom stereocenters. The number of amides is 1. The normalized spacial score (nSPS) is 10.7. The van der Waals surface area contributed by atoms with E-state index in [0.717, 1.165) is 5.75 Å². The van der Waals surface area contributed by atoms with Crippen molar-refractivity contribution in [3.8, 4) is 17.2 Å². The van der Waals surface area contributed by atoms with Gasteiger partial charge in [-0.05, 0) is 61.5 Å². The van der Waals surface area contributed by atoms with Gasteiger partial charge in [0.2, 0.25) is 5.91 Å². The zero-order valence-electron chi connectivity index (χ0n) is 17.4. The van der Waals surface area contributed by atoms with E-state index >= 15 is 0 Å². The van der Waals surface area contributed by atoms with Crippen molar-refractivity contribution in [1.29, 1.82) is 0 Å². The van der Waals surface area contributed by atoms with Crippen molar-refractivity contribution in [2.75, 3.05) is 11.9 Å². The Morgan fingerprint density at radius 1 is 1.00 bits per heavy atom. The first-order valence-corrected chi connectivity index (χ1v) is 10.5. The second-order valence-electron chi connectivity index (χ2n) is 7.02. The van der Waals surface area contributed by atoms with Gasteiger partial charge < -0.3 is 19.4 Å². The molecule has 32 heavy (non-hydrogen) atoms. The summed E-state index contributed by atoms with van der Waals surface area (Å²) in [6.07, 6.45) is 1.61. The lowest BCUT2D eigenvalue weighted by atomic mass is 10.2. The van der Waals surface area contributed by atoms with E-state index in [0.29, 0.717) is 39.7 Å². The van der Waals surface area contributed by atoms with Gasteiger partial charge in [-0.3, -0.25) is 9.59 Å². The van der Waals surface area contributed by atoms with Crippen molar-refractivity contribution in [2.24, 2.45) is 0 Å². The summed E-state index contributed by atoms with van der Waals surface area (Å²) >= 11 is 6.15. The number of pyridine rings is 1. The van der Waals surface area contributed by atoms with Crippen LogP contribution < -0.4 is 20.2 Å². The number of nitrogens with one attached hydrogen (secondary N) is 1. The van der Waals surface area contributed by atoms with Crippen molar-refractivity contribution in [3.05, 3.63) is 94.2 Å². The molecule has 0 aliphatic rings. The molecule has 7 heteroatoms. The summed E-state index contributed by atoms with van der Waals surface area (Å²) in [5.74, 6) is 1.52. The number of rotatable bonds is 7. The highest BCUT2D eigenvalue weighted by atomic mass is 35.5. The van der Waals surface area contributed by atoms with Crippen LogP contribution in [0.5, 0.6) is 17.2 Å². The highest BCUT2D eigenvalue weighted by Gasteiger charge is 2.12. The summed E-state index contributed by atoms with van der Waals surface area (Å²) < 4.78 is 13.1. The monoisotopic (exact) mass is 448 g/mol. The number of hydrogen-bond acceptors (Lipinski definition) is 4. The molecule has 1 amide bonds. The Morgan fingerprint density at radius 2 is 1.75 bits per heavy atom. The number of anilines is 1. The van der Waals surface area contributed by atoms with E-state index in [1.54, 1.807) is 53.2 Å². The Labute approximate surface area is 190 Å². The largest absolute Gasteiger partial charge is 0.494 e. The third kappa shape index (κ3) is 4.92. The second kappa shape index (κ2) is 9.58. The van der Waals surface area contributed by atoms with Gasteiger partial charge in [-0.2, -0.15) is 0 Å². The molecule has 0 aliphatic heterocycles. The zero-order valence-corrected chi connectivity index (χ0v) is 18.1. The number of hydrogen-bond donors (Lipinski definition) is 1. The minimum Gasteiger partial charge on any atom is -0.494 e. The number of aromatic nitrogens is 1. The number of carbonyl (C=O) groups is 1. The Morgan fingerprint density at radius 3 is 2.53 bits per heavy atom. The SMILES string of the molecule is CCOc1ccc(Oc2ccc(Cl)cc2NC(=O)Cn2ccc(=O)c3ccccc32)cc1. The number of halogens is 1. The number of para-hydroxylation sites is 1. The predicted molar refractivity (Wildman–Crippen MR) is 126 cm³/mol. The molecule has 162 valence electrons. The molecule has 4 rings (SSSR count). The minimum atomic E-state index is -0.280. The smallest absolute Gasteiger partial charge is 0.244 e. The highest BCUT2D eigenvalue weighted by Crippen LogP contribution is 2.33. The molecule has 4 aromatic rings. The van der Waals surface area contributed by atoms with Crippen LogP contribution in [0.4, 0.5) is 5.69 Å². The number of nitrogens with zero attached hydrogens (tertiary/aromatic N) is 1. The van der Waals surface area contributed by atoms with Gasteiger partial charge in [-0.15, -0.1) is 0 Å². The zero-order chi connectivity index (χ0) is 22.5. The summed E-state index contributed by atoms with van der Waals surface area (Å²) in [5, 5.41) is 3.89. The molecule has 1 aromatic heterocycles. The van der Waals surface area contributed by atoms with Gasteiger partial charge in [-0.1, -0.05) is 23.7 Å². The van der Waals surface area contributed by atoms with E-state index in [1.165, 1.54) is 6.07 Å². The van der Waals surface area contributed by atoms with Crippen LogP contribution in [0, 0.1) is 0 Å². The molecule has 0 saturated heterocycles. The quantitative estimate of drug-likeness (QED) is 0.406. The molecular formula is C25H21ClN2O4. The molecule has 0 bridgehead atoms. The van der Waals surface area contributed by atoms with Crippen LogP contribution in [0.25, 0.3) is 10.9 Å². The average molecular weight is 449 g/mol. The molecule has 0 unspecified atom stereocenters. The Balaban J connectivity index is 1.54. The molecule has 0 fully saturated rings. The summed E-state index contributed by atoms with van der Waals surface area (Å²) in [6, 6.07) is 20.9. The molecular weight excluding hydrogens is 428 g/mol. The predicted octanol–water partition coefficient (Wildman–Crippen LogP) is 5.48. The van der Waals surface area contributed by atoms with Gasteiger partial charge >= 0.3 is 0 Å². The van der Waals surface area contributed by atoms with Crippen molar-refractivity contribution in [1.82, 2.24) is 4.57 Å². The summed E-state index contributed by atoms with van der Waals surface area (Å²) in [6.45, 7) is 2.53. The number of carbonyl (C=O) groups excluding carboxylic acids is 1. The fourth-order valence-corrected chi connectivity index (χ4v) is 3.50. The maximum absolute atomic E-state index is 12.8. The van der Waals surface area contributed by atoms with E-state index in [-0.39, 0.29) is 17.9 Å². The molecule has 1 N–H and O–H groups in total. The number of ether oxygens (including phenoxy) is 2. The highest BCUT2D eigenvalue weighted by molar-refractivity contribution is 6.31. The van der Waals surface area contributed by atoms with E-state index < -0.39 is 0 Å². The van der Waals surface area contributed by atoms with Crippen molar-refractivity contribution < 1.29 is 14.3 Å². The van der Waals surface area contributed by atoms with Gasteiger partial charge in [0, 0.05) is 22.7 Å². The van der Waals surface area contributed by atoms with Crippen LogP contribution in [-0.4, -0.2) is 17.1 Å². The first-order valence-electron chi connectivity index (χ1n) is 10.1. The lowest BCUT2D eigenvalue weighted by Crippen LogP contribution is -2.20. The fourth-order valence-electron chi connectivity index (χ4n) is 3.33. The third-order valence-corrected chi connectivity index (χ3v) is 5.01. The standard InChI is InChI=1S/C25H21ClN2O4/c1-2-31-18-8-10-19(11-9-18)32-24-12-7-17(26)15-21(24)27-25(30)16-28-14-13-23(29)20-5-3-4-6-22(20)28/h3-15H,2,16H2,1H3,(H,27,30). The molecule has 0 aliphatic carbocycles. The Hall–Kier alpha value is -3.77. The maximum Gasteiger partial charge on any atom is 0.244 e. The Kier molecular flexibility index (Phi) is 6.42. The molecule has 1 heterocycles. The summed E-state index contributed by atoms with van der Waals surface area (Å²) in [7, 11) is 0. The van der Waals surface area contributed by atoms with E-state index in [4.69, 9.17) is 21.1 Å². The van der Waals surface area contributed by atoms with Crippen LogP contribution in [0.15, 0.2) is 83.8 Å². The molecule has 0 spiro atoms. The van der Waals surface area contributed by atoms with Gasteiger partial charge in [-0.25, -0.2) is 0 Å². The molecule has 3 aromatic carbocycles. The lowest BCUT2D eigenvalue weighted by Gasteiger charge is -2.15. The average Bonchev–Trinajstić information content (AvgIpc) is 2.79. The fraction of sp³-hybridized carbons (Fsp3) is 0.120. The molecule has 6 nitrogen and oxygen atoms in total. The van der Waals surface area contributed by atoms with Gasteiger partial charge in [0.1, 0.15) is 18.0 Å². The number of fused-ring (bicyclic) bond motifs is 1. The Bertz CT molecular complexity index is 1320. The van der Waals surface area contributed by atoms with Crippen LogP contribution in [0.3, 0.4) is 0 Å². The lowest BCUT2D eigenvalue weighted by molar-refractivity contribution is -0.116. The van der Waals surface area contributed by atoms with Crippen LogP contribution >= 0.6 is 11.6 Å². The van der Waals surface area contributed by atoms with Crippen molar-refractivity contribution >= 4 is 34.1 Å². The second-order valence-corrected chi connectivity index (χ2v) is 7.46. The maximum atomic E-state index is 12.8. The van der Waals surface area contributed by atoms with Gasteiger partial charge in [0.25, 0.3) is 0 Å². The van der Waals surface area contributed by atoms with Crippen molar-refractivity contribution in [2.45, 2.75) is 13.5 Å². The van der Waals surface area contributed by atoms with E-state index in [1.807, 2.05) is 31.2 Å². The van der Waals surface area contributed by atoms with Crippen molar-refractivity contribution in [3.63, 3.8) is 0 Å². The topological polar surface area (TPSA) is 69.6 Å². The first kappa shape index (κ1) is 21.5. The van der Waals surface area contributed by atoms with Crippen LogP contribution in [-0.2, 0) is 11.3 Å². The van der Waals surface area contributed by atoms with Gasteiger partial charge in [0.05, 0.1) is 17.8 Å². The van der Waals surface area contributed by atoms with E-state index in [2.05, 4.69) is 5.32 Å². The molecule has 0 radical (unpaired) electrons. The molecule has 0 saturated carbocycles. The van der Waals surface area contributed by atoms with Crippen LogP contribution in [0.2, 0.25) is 5.02 Å². The minimum absolute atomic E-state index is 0.0236.